The van der Waals surface area contributed by atoms with Crippen LogP contribution in [0.3, 0.4) is 0 Å². The number of carbonyl (C=O) groups is 1. The van der Waals surface area contributed by atoms with E-state index in [1.807, 2.05) is 54.6 Å². The summed E-state index contributed by atoms with van der Waals surface area (Å²) in [7, 11) is 0. The second kappa shape index (κ2) is 10.7. The molecular weight excluding hydrogens is 432 g/mol. The van der Waals surface area contributed by atoms with Gasteiger partial charge in [0.1, 0.15) is 5.75 Å². The summed E-state index contributed by atoms with van der Waals surface area (Å²) in [6, 6.07) is 23.5. The number of nitrogens with zero attached hydrogens (tertiary/aromatic N) is 3. The zero-order chi connectivity index (χ0) is 23.0. The van der Waals surface area contributed by atoms with Gasteiger partial charge in [0, 0.05) is 5.56 Å². The maximum absolute atomic E-state index is 12.4. The Balaban J connectivity index is 1.43. The van der Waals surface area contributed by atoms with E-state index in [1.165, 1.54) is 18.0 Å². The number of phenolic OH excluding ortho intramolecular Hbond substituents is 1. The number of hydrogen-bond acceptors (Lipinski definition) is 5. The highest BCUT2D eigenvalue weighted by Gasteiger charge is 2.13. The van der Waals surface area contributed by atoms with Gasteiger partial charge in [-0.05, 0) is 35.7 Å². The van der Waals surface area contributed by atoms with E-state index in [4.69, 9.17) is 4.98 Å². The van der Waals surface area contributed by atoms with Crippen LogP contribution >= 0.6 is 11.8 Å². The molecule has 0 atom stereocenters. The van der Waals surface area contributed by atoms with Crippen LogP contribution in [-0.2, 0) is 17.8 Å². The number of phenols is 1. The molecule has 1 aromatic heterocycles. The van der Waals surface area contributed by atoms with Crippen LogP contribution in [0.1, 0.15) is 16.7 Å². The van der Waals surface area contributed by atoms with Gasteiger partial charge >= 0.3 is 0 Å². The summed E-state index contributed by atoms with van der Waals surface area (Å²) in [4.78, 5) is 17.1. The second-order valence-electron chi connectivity index (χ2n) is 7.38. The van der Waals surface area contributed by atoms with Gasteiger partial charge < -0.3 is 9.67 Å². The van der Waals surface area contributed by atoms with E-state index in [2.05, 4.69) is 33.8 Å². The predicted molar refractivity (Wildman–Crippen MR) is 134 cm³/mol. The van der Waals surface area contributed by atoms with Gasteiger partial charge in [0.15, 0.2) is 5.16 Å². The van der Waals surface area contributed by atoms with Crippen LogP contribution < -0.4 is 5.43 Å². The molecule has 0 unspecified atom stereocenters. The quantitative estimate of drug-likeness (QED) is 0.165. The molecule has 2 N–H and O–H groups in total. The first-order valence-electron chi connectivity index (χ1n) is 10.5. The number of benzene rings is 3. The summed E-state index contributed by atoms with van der Waals surface area (Å²) in [6.07, 6.45) is 3.72. The SMILES string of the molecule is C=CCc1cccc(C=NNC(=O)CSc2nc3ccccc3n2Cc2ccccc2)c1O. The Labute approximate surface area is 196 Å². The van der Waals surface area contributed by atoms with Crippen molar-refractivity contribution in [2.24, 2.45) is 5.10 Å². The van der Waals surface area contributed by atoms with Crippen molar-refractivity contribution in [3.05, 3.63) is 102 Å². The van der Waals surface area contributed by atoms with Crippen molar-refractivity contribution in [2.75, 3.05) is 5.75 Å². The molecule has 0 spiro atoms. The Morgan fingerprint density at radius 2 is 1.88 bits per heavy atom. The van der Waals surface area contributed by atoms with Crippen LogP contribution in [0.5, 0.6) is 5.75 Å². The summed E-state index contributed by atoms with van der Waals surface area (Å²) in [5, 5.41) is 15.1. The number of thioether (sulfide) groups is 1. The van der Waals surface area contributed by atoms with E-state index < -0.39 is 0 Å². The Morgan fingerprint density at radius 1 is 1.09 bits per heavy atom. The molecule has 166 valence electrons. The summed E-state index contributed by atoms with van der Waals surface area (Å²) in [5.41, 5.74) is 6.90. The molecule has 1 heterocycles. The van der Waals surface area contributed by atoms with Crippen LogP contribution in [0.2, 0.25) is 0 Å². The van der Waals surface area contributed by atoms with Gasteiger partial charge in [-0.25, -0.2) is 10.4 Å². The zero-order valence-electron chi connectivity index (χ0n) is 18.0. The Bertz CT molecular complexity index is 1300. The minimum absolute atomic E-state index is 0.138. The number of rotatable bonds is 9. The highest BCUT2D eigenvalue weighted by molar-refractivity contribution is 7.99. The van der Waals surface area contributed by atoms with Crippen molar-refractivity contribution < 1.29 is 9.90 Å². The Morgan fingerprint density at radius 3 is 2.70 bits per heavy atom. The summed E-state index contributed by atoms with van der Waals surface area (Å²) in [5.74, 6) is 0.0495. The molecule has 1 amide bonds. The third kappa shape index (κ3) is 5.51. The normalized spacial score (nSPS) is 11.2. The first kappa shape index (κ1) is 22.4. The molecule has 0 aliphatic carbocycles. The Kier molecular flexibility index (Phi) is 7.22. The van der Waals surface area contributed by atoms with Gasteiger partial charge in [0.05, 0.1) is 29.5 Å². The zero-order valence-corrected chi connectivity index (χ0v) is 18.8. The third-order valence-electron chi connectivity index (χ3n) is 5.04. The molecular formula is C26H24N4O2S. The molecule has 3 aromatic carbocycles. The third-order valence-corrected chi connectivity index (χ3v) is 6.02. The minimum Gasteiger partial charge on any atom is -0.507 e. The van der Waals surface area contributed by atoms with Gasteiger partial charge in [-0.15, -0.1) is 6.58 Å². The second-order valence-corrected chi connectivity index (χ2v) is 8.33. The van der Waals surface area contributed by atoms with Gasteiger partial charge in [-0.3, -0.25) is 4.79 Å². The van der Waals surface area contributed by atoms with E-state index in [9.17, 15) is 9.90 Å². The average molecular weight is 457 g/mol. The number of amides is 1. The van der Waals surface area contributed by atoms with E-state index in [0.29, 0.717) is 18.5 Å². The van der Waals surface area contributed by atoms with Crippen molar-refractivity contribution in [1.82, 2.24) is 15.0 Å². The van der Waals surface area contributed by atoms with Crippen molar-refractivity contribution in [2.45, 2.75) is 18.1 Å². The number of hydrogen-bond donors (Lipinski definition) is 2. The summed E-state index contributed by atoms with van der Waals surface area (Å²) in [6.45, 7) is 4.36. The fourth-order valence-electron chi connectivity index (χ4n) is 3.45. The number of allylic oxidation sites excluding steroid dienone is 1. The van der Waals surface area contributed by atoms with Gasteiger partial charge in [0.2, 0.25) is 0 Å². The van der Waals surface area contributed by atoms with Gasteiger partial charge in [-0.1, -0.05) is 72.4 Å². The van der Waals surface area contributed by atoms with E-state index in [1.54, 1.807) is 12.1 Å². The fraction of sp³-hybridized carbons (Fsp3) is 0.115. The lowest BCUT2D eigenvalue weighted by Crippen LogP contribution is -2.20. The lowest BCUT2D eigenvalue weighted by molar-refractivity contribution is -0.118. The van der Waals surface area contributed by atoms with Crippen molar-refractivity contribution in [3.63, 3.8) is 0 Å². The van der Waals surface area contributed by atoms with Gasteiger partial charge in [0.25, 0.3) is 5.91 Å². The number of imidazole rings is 1. The number of aromatic hydroxyl groups is 1. The maximum Gasteiger partial charge on any atom is 0.250 e. The van der Waals surface area contributed by atoms with Crippen molar-refractivity contribution in [3.8, 4) is 5.75 Å². The molecule has 4 aromatic rings. The van der Waals surface area contributed by atoms with Crippen LogP contribution in [0.25, 0.3) is 11.0 Å². The number of hydrazone groups is 1. The summed E-state index contributed by atoms with van der Waals surface area (Å²) < 4.78 is 2.12. The molecule has 0 radical (unpaired) electrons. The molecule has 33 heavy (non-hydrogen) atoms. The lowest BCUT2D eigenvalue weighted by atomic mass is 10.1. The Hall–Kier alpha value is -3.84. The number of nitrogens with one attached hydrogen (secondary N) is 1. The molecule has 6 nitrogen and oxygen atoms in total. The van der Waals surface area contributed by atoms with Crippen LogP contribution in [0.15, 0.2) is 95.7 Å². The van der Waals surface area contributed by atoms with Crippen molar-refractivity contribution in [1.29, 1.82) is 0 Å². The number of carbonyl (C=O) groups excluding carboxylic acids is 1. The lowest BCUT2D eigenvalue weighted by Gasteiger charge is -2.09. The highest BCUT2D eigenvalue weighted by atomic mass is 32.2. The number of fused-ring (bicyclic) bond motifs is 1. The molecule has 0 fully saturated rings. The fourth-order valence-corrected chi connectivity index (χ4v) is 4.26. The van der Waals surface area contributed by atoms with Crippen LogP contribution in [0, 0.1) is 0 Å². The van der Waals surface area contributed by atoms with E-state index in [-0.39, 0.29) is 17.4 Å². The molecule has 4 rings (SSSR count). The summed E-state index contributed by atoms with van der Waals surface area (Å²) >= 11 is 1.36. The van der Waals surface area contributed by atoms with E-state index in [0.717, 1.165) is 27.3 Å². The standard InChI is InChI=1S/C26H24N4O2S/c1-2-9-20-12-8-13-21(25(20)32)16-27-29-24(31)18-33-26-28-22-14-6-7-15-23(22)30(26)17-19-10-4-3-5-11-19/h2-8,10-16,32H,1,9,17-18H2,(H,29,31). The molecule has 0 bridgehead atoms. The molecule has 0 saturated carbocycles. The highest BCUT2D eigenvalue weighted by Crippen LogP contribution is 2.25. The largest absolute Gasteiger partial charge is 0.507 e. The van der Waals surface area contributed by atoms with Gasteiger partial charge in [-0.2, -0.15) is 5.10 Å². The van der Waals surface area contributed by atoms with E-state index >= 15 is 0 Å². The predicted octanol–water partition coefficient (Wildman–Crippen LogP) is 4.76. The van der Waals surface area contributed by atoms with Crippen LogP contribution in [-0.4, -0.2) is 32.5 Å². The maximum atomic E-state index is 12.4. The average Bonchev–Trinajstić information content (AvgIpc) is 3.18. The minimum atomic E-state index is -0.253. The molecule has 0 saturated heterocycles. The first-order chi connectivity index (χ1) is 16.2. The number of aromatic nitrogens is 2. The monoisotopic (exact) mass is 456 g/mol. The first-order valence-corrected chi connectivity index (χ1v) is 11.5. The molecule has 0 aliphatic heterocycles. The topological polar surface area (TPSA) is 79.5 Å². The molecule has 0 aliphatic rings. The molecule has 7 heteroatoms. The van der Waals surface area contributed by atoms with Crippen molar-refractivity contribution >= 4 is 34.9 Å². The number of para-hydroxylation sites is 3. The smallest absolute Gasteiger partial charge is 0.250 e. The van der Waals surface area contributed by atoms with Crippen LogP contribution in [0.4, 0.5) is 0 Å².